The minimum absolute atomic E-state index is 0.0583. The lowest BCUT2D eigenvalue weighted by Crippen LogP contribution is -2.36. The molecule has 0 bridgehead atoms. The molecule has 1 aliphatic heterocycles. The van der Waals surface area contributed by atoms with Crippen molar-refractivity contribution in [1.82, 2.24) is 0 Å². The second kappa shape index (κ2) is 5.66. The fourth-order valence-electron chi connectivity index (χ4n) is 4.24. The number of hydroxylamine groups is 1. The van der Waals surface area contributed by atoms with Gasteiger partial charge >= 0.3 is 0 Å². The van der Waals surface area contributed by atoms with Crippen LogP contribution < -0.4 is 5.06 Å². The Bertz CT molecular complexity index is 670. The summed E-state index contributed by atoms with van der Waals surface area (Å²) in [5.74, 6) is 0. The molecule has 1 heterocycles. The first-order valence-electron chi connectivity index (χ1n) is 8.43. The maximum Gasteiger partial charge on any atom is 0.0959 e. The monoisotopic (exact) mass is 309 g/mol. The Morgan fingerprint density at radius 3 is 2.57 bits per heavy atom. The van der Waals surface area contributed by atoms with Crippen LogP contribution in [0.1, 0.15) is 36.4 Å². The molecule has 0 radical (unpaired) electrons. The van der Waals surface area contributed by atoms with E-state index in [1.54, 1.807) is 0 Å². The van der Waals surface area contributed by atoms with Gasteiger partial charge in [-0.25, -0.2) is 5.06 Å². The van der Waals surface area contributed by atoms with Crippen LogP contribution in [-0.4, -0.2) is 17.8 Å². The first-order chi connectivity index (χ1) is 11.2. The van der Waals surface area contributed by atoms with Crippen molar-refractivity contribution in [3.05, 3.63) is 65.7 Å². The number of hydrogen-bond acceptors (Lipinski definition) is 3. The fourth-order valence-corrected chi connectivity index (χ4v) is 4.24. The van der Waals surface area contributed by atoms with Crippen LogP contribution in [0.3, 0.4) is 0 Å². The lowest BCUT2D eigenvalue weighted by atomic mass is 9.75. The number of fused-ring (bicyclic) bond motifs is 1. The van der Waals surface area contributed by atoms with Crippen molar-refractivity contribution in [1.29, 1.82) is 0 Å². The van der Waals surface area contributed by atoms with E-state index in [2.05, 4.69) is 43.3 Å². The molecule has 3 atom stereocenters. The average Bonchev–Trinajstić information content (AvgIpc) is 3.13. The Morgan fingerprint density at radius 2 is 1.87 bits per heavy atom. The Labute approximate surface area is 137 Å². The second-order valence-corrected chi connectivity index (χ2v) is 6.85. The van der Waals surface area contributed by atoms with Crippen LogP contribution in [0, 0.1) is 12.3 Å². The predicted octanol–water partition coefficient (Wildman–Crippen LogP) is 4.02. The van der Waals surface area contributed by atoms with Crippen LogP contribution >= 0.6 is 0 Å². The van der Waals surface area contributed by atoms with E-state index in [1.807, 2.05) is 23.3 Å². The molecule has 1 N–H and O–H groups in total. The molecular weight excluding hydrogens is 286 g/mol. The van der Waals surface area contributed by atoms with Gasteiger partial charge in [0.1, 0.15) is 0 Å². The Kier molecular flexibility index (Phi) is 3.63. The smallest absolute Gasteiger partial charge is 0.0959 e. The van der Waals surface area contributed by atoms with Gasteiger partial charge < -0.3 is 5.11 Å². The maximum absolute atomic E-state index is 10.3. The highest BCUT2D eigenvalue weighted by molar-refractivity contribution is 5.49. The molecule has 0 spiro atoms. The molecule has 4 rings (SSSR count). The first-order valence-corrected chi connectivity index (χ1v) is 8.43. The SMILES string of the molecule is Cc1ccc([C@H]2N(c3ccccc3)O[C@H]3CCC[C@]32CO)cc1. The van der Waals surface area contributed by atoms with Gasteiger partial charge in [-0.1, -0.05) is 48.0 Å². The standard InChI is InChI=1S/C20H23NO2/c1-15-9-11-16(12-10-15)19-20(14-22)13-5-8-18(20)23-21(19)17-6-3-2-4-7-17/h2-4,6-7,9-12,18-19,22H,5,8,13-14H2,1H3/t18-,19+,20-/m0/s1. The summed E-state index contributed by atoms with van der Waals surface area (Å²) >= 11 is 0. The molecule has 2 aliphatic rings. The van der Waals surface area contributed by atoms with Gasteiger partial charge in [0.05, 0.1) is 24.4 Å². The van der Waals surface area contributed by atoms with Gasteiger partial charge in [-0.05, 0) is 43.9 Å². The molecule has 1 aliphatic carbocycles. The lowest BCUT2D eigenvalue weighted by Gasteiger charge is -2.34. The zero-order valence-electron chi connectivity index (χ0n) is 13.5. The summed E-state index contributed by atoms with van der Waals surface area (Å²) in [4.78, 5) is 6.34. The summed E-state index contributed by atoms with van der Waals surface area (Å²) in [6.45, 7) is 2.27. The number of aryl methyl sites for hydroxylation is 1. The number of nitrogens with zero attached hydrogens (tertiary/aromatic N) is 1. The Morgan fingerprint density at radius 1 is 1.13 bits per heavy atom. The minimum Gasteiger partial charge on any atom is -0.396 e. The van der Waals surface area contributed by atoms with Crippen molar-refractivity contribution >= 4 is 5.69 Å². The van der Waals surface area contributed by atoms with Crippen LogP contribution in [0.2, 0.25) is 0 Å². The van der Waals surface area contributed by atoms with Crippen molar-refractivity contribution in [2.45, 2.75) is 38.3 Å². The number of aliphatic hydroxyl groups is 1. The fraction of sp³-hybridized carbons (Fsp3) is 0.400. The number of anilines is 1. The van der Waals surface area contributed by atoms with Crippen molar-refractivity contribution in [2.24, 2.45) is 5.41 Å². The number of aliphatic hydroxyl groups excluding tert-OH is 1. The van der Waals surface area contributed by atoms with Crippen molar-refractivity contribution in [3.8, 4) is 0 Å². The molecule has 0 aromatic heterocycles. The Hall–Kier alpha value is -1.84. The van der Waals surface area contributed by atoms with Crippen LogP contribution in [-0.2, 0) is 4.84 Å². The van der Waals surface area contributed by atoms with E-state index in [-0.39, 0.29) is 24.2 Å². The molecule has 0 unspecified atom stereocenters. The zero-order chi connectivity index (χ0) is 15.9. The molecule has 1 saturated carbocycles. The summed E-state index contributed by atoms with van der Waals surface area (Å²) in [7, 11) is 0. The number of benzene rings is 2. The lowest BCUT2D eigenvalue weighted by molar-refractivity contribution is 0.0280. The van der Waals surface area contributed by atoms with Gasteiger partial charge in [-0.2, -0.15) is 0 Å². The van der Waals surface area contributed by atoms with Gasteiger partial charge in [0, 0.05) is 5.41 Å². The second-order valence-electron chi connectivity index (χ2n) is 6.85. The molecule has 2 aromatic rings. The van der Waals surface area contributed by atoms with E-state index in [1.165, 1.54) is 11.1 Å². The van der Waals surface area contributed by atoms with Gasteiger partial charge in [-0.15, -0.1) is 0 Å². The normalized spacial score (nSPS) is 29.7. The van der Waals surface area contributed by atoms with Crippen LogP contribution in [0.15, 0.2) is 54.6 Å². The molecule has 1 saturated heterocycles. The van der Waals surface area contributed by atoms with E-state index < -0.39 is 0 Å². The minimum atomic E-state index is -0.203. The van der Waals surface area contributed by atoms with Crippen LogP contribution in [0.5, 0.6) is 0 Å². The van der Waals surface area contributed by atoms with Crippen LogP contribution in [0.25, 0.3) is 0 Å². The first kappa shape index (κ1) is 14.7. The predicted molar refractivity (Wildman–Crippen MR) is 91.1 cm³/mol. The maximum atomic E-state index is 10.3. The summed E-state index contributed by atoms with van der Waals surface area (Å²) < 4.78 is 0. The highest BCUT2D eigenvalue weighted by Crippen LogP contribution is 2.57. The molecule has 2 aromatic carbocycles. The molecule has 3 heteroatoms. The third kappa shape index (κ3) is 2.27. The molecule has 2 fully saturated rings. The van der Waals surface area contributed by atoms with E-state index in [0.29, 0.717) is 0 Å². The van der Waals surface area contributed by atoms with E-state index in [4.69, 9.17) is 4.84 Å². The van der Waals surface area contributed by atoms with E-state index in [9.17, 15) is 5.11 Å². The Balaban J connectivity index is 1.81. The van der Waals surface area contributed by atoms with Gasteiger partial charge in [0.15, 0.2) is 0 Å². The van der Waals surface area contributed by atoms with E-state index in [0.717, 1.165) is 24.9 Å². The van der Waals surface area contributed by atoms with Crippen molar-refractivity contribution < 1.29 is 9.94 Å². The van der Waals surface area contributed by atoms with E-state index >= 15 is 0 Å². The summed E-state index contributed by atoms with van der Waals surface area (Å²) in [6.07, 6.45) is 3.25. The zero-order valence-corrected chi connectivity index (χ0v) is 13.5. The van der Waals surface area contributed by atoms with Gasteiger partial charge in [0.25, 0.3) is 0 Å². The van der Waals surface area contributed by atoms with Crippen molar-refractivity contribution in [2.75, 3.05) is 11.7 Å². The molecular formula is C20H23NO2. The highest BCUT2D eigenvalue weighted by atomic mass is 16.7. The third-order valence-corrected chi connectivity index (χ3v) is 5.47. The van der Waals surface area contributed by atoms with Crippen LogP contribution in [0.4, 0.5) is 5.69 Å². The van der Waals surface area contributed by atoms with Crippen molar-refractivity contribution in [3.63, 3.8) is 0 Å². The number of para-hydroxylation sites is 1. The highest BCUT2D eigenvalue weighted by Gasteiger charge is 2.58. The molecule has 23 heavy (non-hydrogen) atoms. The number of hydrogen-bond donors (Lipinski definition) is 1. The molecule has 0 amide bonds. The number of rotatable bonds is 3. The molecule has 120 valence electrons. The van der Waals surface area contributed by atoms with Gasteiger partial charge in [-0.3, -0.25) is 4.84 Å². The quantitative estimate of drug-likeness (QED) is 0.929. The molecule has 3 nitrogen and oxygen atoms in total. The summed E-state index contributed by atoms with van der Waals surface area (Å²) in [6, 6.07) is 18.9. The average molecular weight is 309 g/mol. The summed E-state index contributed by atoms with van der Waals surface area (Å²) in [5.41, 5.74) is 3.32. The van der Waals surface area contributed by atoms with Gasteiger partial charge in [0.2, 0.25) is 0 Å². The largest absolute Gasteiger partial charge is 0.396 e. The summed E-state index contributed by atoms with van der Waals surface area (Å²) in [5, 5.41) is 12.3. The topological polar surface area (TPSA) is 32.7 Å². The third-order valence-electron chi connectivity index (χ3n) is 5.47.